The van der Waals surface area contributed by atoms with E-state index in [1.165, 1.54) is 19.3 Å². The summed E-state index contributed by atoms with van der Waals surface area (Å²) >= 11 is 0. The Morgan fingerprint density at radius 1 is 1.45 bits per heavy atom. The minimum Gasteiger partial charge on any atom is -0.244 e. The van der Waals surface area contributed by atoms with Gasteiger partial charge in [0, 0.05) is 6.54 Å². The number of aliphatic imine (C=N–C) groups is 1. The average Bonchev–Trinajstić information content (AvgIpc) is 2.04. The van der Waals surface area contributed by atoms with Crippen molar-refractivity contribution in [3.8, 4) is 0 Å². The number of allylic oxidation sites excluding steroid dienone is 1. The van der Waals surface area contributed by atoms with Gasteiger partial charge in [0.2, 0.25) is 0 Å². The summed E-state index contributed by atoms with van der Waals surface area (Å²) in [5, 5.41) is 0. The Bertz CT molecular complexity index is 110. The molecule has 0 spiro atoms. The van der Waals surface area contributed by atoms with E-state index in [2.05, 4.69) is 30.9 Å². The molecule has 0 atom stereocenters. The van der Waals surface area contributed by atoms with Crippen LogP contribution in [0.4, 0.5) is 0 Å². The van der Waals surface area contributed by atoms with Crippen LogP contribution < -0.4 is 0 Å². The number of hydrogen-bond donors (Lipinski definition) is 0. The first-order chi connectivity index (χ1) is 5.33. The molecular weight excluding hydrogens is 134 g/mol. The first-order valence-corrected chi connectivity index (χ1v) is 4.12. The van der Waals surface area contributed by atoms with E-state index in [-0.39, 0.29) is 0 Å². The van der Waals surface area contributed by atoms with Crippen molar-refractivity contribution >= 4 is 5.87 Å². The first-order valence-electron chi connectivity index (χ1n) is 4.12. The SMILES string of the molecule is C=C=NCC.C=CCCCC. The maximum absolute atomic E-state index is 3.61. The molecule has 0 bridgehead atoms. The van der Waals surface area contributed by atoms with E-state index in [9.17, 15) is 0 Å². The van der Waals surface area contributed by atoms with Gasteiger partial charge in [0.15, 0.2) is 0 Å². The molecule has 0 aromatic rings. The minimum atomic E-state index is 0.795. The third-order valence-corrected chi connectivity index (χ3v) is 1.03. The molecule has 0 saturated heterocycles. The highest BCUT2D eigenvalue weighted by atomic mass is 14.7. The Morgan fingerprint density at radius 3 is 2.18 bits per heavy atom. The summed E-state index contributed by atoms with van der Waals surface area (Å²) in [5.41, 5.74) is 0. The first kappa shape index (κ1) is 12.8. The molecule has 0 radical (unpaired) electrons. The fraction of sp³-hybridized carbons (Fsp3) is 0.600. The summed E-state index contributed by atoms with van der Waals surface area (Å²) in [6.45, 7) is 11.8. The lowest BCUT2D eigenvalue weighted by Crippen LogP contribution is -1.61. The molecule has 0 saturated carbocycles. The average molecular weight is 153 g/mol. The molecule has 0 aromatic heterocycles. The molecule has 0 fully saturated rings. The summed E-state index contributed by atoms with van der Waals surface area (Å²) in [6, 6.07) is 0. The Kier molecular flexibility index (Phi) is 18.8. The normalized spacial score (nSPS) is 7.09. The monoisotopic (exact) mass is 153 g/mol. The van der Waals surface area contributed by atoms with E-state index in [1.54, 1.807) is 0 Å². The molecule has 0 amide bonds. The Hall–Kier alpha value is -0.810. The summed E-state index contributed by atoms with van der Waals surface area (Å²) in [4.78, 5) is 3.61. The predicted molar refractivity (Wildman–Crippen MR) is 53.3 cm³/mol. The molecule has 1 heteroatoms. The van der Waals surface area contributed by atoms with Gasteiger partial charge in [0.05, 0.1) is 0 Å². The van der Waals surface area contributed by atoms with Gasteiger partial charge in [-0.15, -0.1) is 6.58 Å². The van der Waals surface area contributed by atoms with Crippen LogP contribution in [0.5, 0.6) is 0 Å². The van der Waals surface area contributed by atoms with Crippen molar-refractivity contribution in [3.63, 3.8) is 0 Å². The molecule has 0 aliphatic carbocycles. The van der Waals surface area contributed by atoms with Crippen LogP contribution in [0, 0.1) is 0 Å². The van der Waals surface area contributed by atoms with Crippen LogP contribution in [0.15, 0.2) is 24.2 Å². The van der Waals surface area contributed by atoms with Crippen LogP contribution in [0.25, 0.3) is 0 Å². The van der Waals surface area contributed by atoms with Crippen LogP contribution in [0.3, 0.4) is 0 Å². The lowest BCUT2D eigenvalue weighted by molar-refractivity contribution is 0.816. The molecule has 11 heavy (non-hydrogen) atoms. The molecule has 0 unspecified atom stereocenters. The van der Waals surface area contributed by atoms with Gasteiger partial charge in [0.25, 0.3) is 0 Å². The largest absolute Gasteiger partial charge is 0.244 e. The zero-order chi connectivity index (χ0) is 8.95. The van der Waals surface area contributed by atoms with E-state index < -0.39 is 0 Å². The van der Waals surface area contributed by atoms with Gasteiger partial charge in [-0.3, -0.25) is 0 Å². The van der Waals surface area contributed by atoms with Crippen molar-refractivity contribution in [2.24, 2.45) is 4.99 Å². The van der Waals surface area contributed by atoms with Gasteiger partial charge in [-0.25, -0.2) is 4.99 Å². The van der Waals surface area contributed by atoms with Crippen LogP contribution in [0.2, 0.25) is 0 Å². The second-order valence-electron chi connectivity index (χ2n) is 2.06. The maximum atomic E-state index is 3.61. The summed E-state index contributed by atoms with van der Waals surface area (Å²) in [6.07, 6.45) is 5.72. The number of rotatable bonds is 4. The quantitative estimate of drug-likeness (QED) is 0.334. The highest BCUT2D eigenvalue weighted by Gasteiger charge is 1.71. The Morgan fingerprint density at radius 2 is 2.09 bits per heavy atom. The van der Waals surface area contributed by atoms with E-state index in [4.69, 9.17) is 0 Å². The van der Waals surface area contributed by atoms with Gasteiger partial charge in [-0.05, 0) is 25.8 Å². The fourth-order valence-corrected chi connectivity index (χ4v) is 0.460. The standard InChI is InChI=1S/C6H12.C4H7N/c1-3-5-6-4-2;1-3-5-4-2/h3H,1,4-6H2,2H3;1,4H2,2H3. The molecule has 0 aliphatic rings. The van der Waals surface area contributed by atoms with E-state index >= 15 is 0 Å². The lowest BCUT2D eigenvalue weighted by atomic mass is 10.3. The smallest absolute Gasteiger partial charge is 0.0455 e. The Labute approximate surface area is 70.5 Å². The van der Waals surface area contributed by atoms with Crippen LogP contribution in [-0.4, -0.2) is 12.4 Å². The number of unbranched alkanes of at least 4 members (excludes halogenated alkanes) is 2. The third kappa shape index (κ3) is 27.1. The number of nitrogens with zero attached hydrogens (tertiary/aromatic N) is 1. The topological polar surface area (TPSA) is 12.4 Å². The maximum Gasteiger partial charge on any atom is 0.0455 e. The number of hydrogen-bond acceptors (Lipinski definition) is 1. The van der Waals surface area contributed by atoms with Crippen molar-refractivity contribution < 1.29 is 0 Å². The zero-order valence-corrected chi connectivity index (χ0v) is 7.77. The van der Waals surface area contributed by atoms with Gasteiger partial charge in [0.1, 0.15) is 0 Å². The molecule has 0 aliphatic heterocycles. The van der Waals surface area contributed by atoms with Gasteiger partial charge in [-0.1, -0.05) is 25.8 Å². The molecule has 1 nitrogen and oxygen atoms in total. The fourth-order valence-electron chi connectivity index (χ4n) is 0.460. The zero-order valence-electron chi connectivity index (χ0n) is 7.77. The van der Waals surface area contributed by atoms with Crippen molar-refractivity contribution in [1.82, 2.24) is 0 Å². The van der Waals surface area contributed by atoms with Crippen molar-refractivity contribution in [3.05, 3.63) is 19.2 Å². The van der Waals surface area contributed by atoms with Crippen LogP contribution in [0.1, 0.15) is 33.1 Å². The lowest BCUT2D eigenvalue weighted by Gasteiger charge is -1.81. The van der Waals surface area contributed by atoms with Crippen LogP contribution in [-0.2, 0) is 0 Å². The molecule has 0 aromatic carbocycles. The third-order valence-electron chi connectivity index (χ3n) is 1.03. The second-order valence-corrected chi connectivity index (χ2v) is 2.06. The highest BCUT2D eigenvalue weighted by molar-refractivity contribution is 5.46. The van der Waals surface area contributed by atoms with Crippen molar-refractivity contribution in [1.29, 1.82) is 0 Å². The van der Waals surface area contributed by atoms with Gasteiger partial charge in [-0.2, -0.15) is 0 Å². The summed E-state index contributed by atoms with van der Waals surface area (Å²) in [7, 11) is 0. The molecule has 64 valence electrons. The second kappa shape index (κ2) is 16.1. The predicted octanol–water partition coefficient (Wildman–Crippen LogP) is 3.22. The van der Waals surface area contributed by atoms with Gasteiger partial charge < -0.3 is 0 Å². The minimum absolute atomic E-state index is 0.795. The Balaban J connectivity index is 0. The van der Waals surface area contributed by atoms with E-state index in [0.717, 1.165) is 6.54 Å². The summed E-state index contributed by atoms with van der Waals surface area (Å²) < 4.78 is 0. The van der Waals surface area contributed by atoms with Crippen molar-refractivity contribution in [2.45, 2.75) is 33.1 Å². The van der Waals surface area contributed by atoms with Crippen LogP contribution >= 0.6 is 0 Å². The molecule has 0 heterocycles. The van der Waals surface area contributed by atoms with E-state index in [0.29, 0.717) is 0 Å². The summed E-state index contributed by atoms with van der Waals surface area (Å²) in [5.74, 6) is 2.39. The van der Waals surface area contributed by atoms with E-state index in [1.807, 2.05) is 13.0 Å². The van der Waals surface area contributed by atoms with Crippen molar-refractivity contribution in [2.75, 3.05) is 6.54 Å². The molecular formula is C10H19N. The molecule has 0 rings (SSSR count). The molecule has 0 N–H and O–H groups in total. The van der Waals surface area contributed by atoms with Gasteiger partial charge >= 0.3 is 0 Å². The highest BCUT2D eigenvalue weighted by Crippen LogP contribution is 1.91.